The summed E-state index contributed by atoms with van der Waals surface area (Å²) >= 11 is 0. The number of carbonyl (C=O) groups is 2. The summed E-state index contributed by atoms with van der Waals surface area (Å²) in [6, 6.07) is 13.0. The number of benzene rings is 1. The molecule has 0 atom stereocenters. The molecule has 3 aromatic heterocycles. The number of fused-ring (bicyclic) bond motifs is 1. The number of pyridine rings is 1. The number of carbonyl (C=O) groups excluding carboxylic acids is 2. The van der Waals surface area contributed by atoms with Crippen LogP contribution < -0.4 is 5.32 Å². The lowest BCUT2D eigenvalue weighted by atomic mass is 10.1. The van der Waals surface area contributed by atoms with Crippen LogP contribution >= 0.6 is 0 Å². The van der Waals surface area contributed by atoms with E-state index < -0.39 is 18.5 Å². The summed E-state index contributed by atoms with van der Waals surface area (Å²) in [5.74, 6) is -0.412. The zero-order chi connectivity index (χ0) is 23.4. The van der Waals surface area contributed by atoms with Crippen molar-refractivity contribution in [3.05, 3.63) is 77.4 Å². The predicted octanol–water partition coefficient (Wildman–Crippen LogP) is 3.33. The van der Waals surface area contributed by atoms with Crippen LogP contribution in [0.5, 0.6) is 0 Å². The van der Waals surface area contributed by atoms with E-state index in [1.54, 1.807) is 25.3 Å². The number of aromatic nitrogens is 5. The highest BCUT2D eigenvalue weighted by Gasteiger charge is 2.14. The van der Waals surface area contributed by atoms with E-state index in [4.69, 9.17) is 4.74 Å². The molecule has 0 fully saturated rings. The first-order valence-electron chi connectivity index (χ1n) is 10.3. The molecule has 0 aliphatic heterocycles. The molecule has 4 aromatic rings. The lowest BCUT2D eigenvalue weighted by Gasteiger charge is -2.09. The third kappa shape index (κ3) is 5.27. The fourth-order valence-corrected chi connectivity index (χ4v) is 3.33. The van der Waals surface area contributed by atoms with E-state index >= 15 is 0 Å². The van der Waals surface area contributed by atoms with E-state index in [0.29, 0.717) is 17.5 Å². The van der Waals surface area contributed by atoms with Gasteiger partial charge in [0, 0.05) is 40.7 Å². The molecule has 0 unspecified atom stereocenters. The van der Waals surface area contributed by atoms with Gasteiger partial charge in [-0.25, -0.2) is 14.8 Å². The lowest BCUT2D eigenvalue weighted by Crippen LogP contribution is -2.22. The summed E-state index contributed by atoms with van der Waals surface area (Å²) in [5.41, 5.74) is 3.80. The van der Waals surface area contributed by atoms with Crippen LogP contribution in [-0.4, -0.2) is 43.2 Å². The summed E-state index contributed by atoms with van der Waals surface area (Å²) in [5, 5.41) is 8.01. The Morgan fingerprint density at radius 2 is 1.79 bits per heavy atom. The summed E-state index contributed by atoms with van der Waals surface area (Å²) < 4.78 is 6.53. The van der Waals surface area contributed by atoms with Gasteiger partial charge in [-0.15, -0.1) is 0 Å². The van der Waals surface area contributed by atoms with Crippen LogP contribution in [0.1, 0.15) is 22.6 Å². The van der Waals surface area contributed by atoms with Gasteiger partial charge < -0.3 is 10.1 Å². The van der Waals surface area contributed by atoms with E-state index in [2.05, 4.69) is 25.4 Å². The molecular formula is C24H22N6O3. The van der Waals surface area contributed by atoms with Crippen molar-refractivity contribution < 1.29 is 14.3 Å². The Labute approximate surface area is 190 Å². The molecule has 1 aromatic carbocycles. The molecule has 9 heteroatoms. The highest BCUT2D eigenvalue weighted by molar-refractivity contribution is 5.95. The van der Waals surface area contributed by atoms with Gasteiger partial charge in [0.15, 0.2) is 6.61 Å². The van der Waals surface area contributed by atoms with Gasteiger partial charge in [-0.3, -0.25) is 9.78 Å². The average Bonchev–Trinajstić information content (AvgIpc) is 3.15. The Morgan fingerprint density at radius 1 is 1.03 bits per heavy atom. The minimum atomic E-state index is -0.639. The van der Waals surface area contributed by atoms with Gasteiger partial charge in [0.05, 0.1) is 11.2 Å². The Kier molecular flexibility index (Phi) is 6.21. The molecule has 0 aliphatic rings. The van der Waals surface area contributed by atoms with Crippen molar-refractivity contribution in [2.45, 2.75) is 20.8 Å². The summed E-state index contributed by atoms with van der Waals surface area (Å²) in [6.07, 6.45) is 4.58. The third-order valence-electron chi connectivity index (χ3n) is 4.67. The highest BCUT2D eigenvalue weighted by Crippen LogP contribution is 2.17. The highest BCUT2D eigenvalue weighted by atomic mass is 16.5. The number of hydrogen-bond acceptors (Lipinski definition) is 7. The second-order valence-electron chi connectivity index (χ2n) is 7.45. The largest absolute Gasteiger partial charge is 0.452 e. The molecule has 33 heavy (non-hydrogen) atoms. The summed E-state index contributed by atoms with van der Waals surface area (Å²) in [4.78, 5) is 37.6. The number of esters is 1. The lowest BCUT2D eigenvalue weighted by molar-refractivity contribution is -0.142. The first kappa shape index (κ1) is 21.8. The number of aryl methyl sites for hydroxylation is 3. The number of amides is 1. The number of hydrogen-bond donors (Lipinski definition) is 1. The van der Waals surface area contributed by atoms with E-state index in [1.807, 2.05) is 50.2 Å². The maximum absolute atomic E-state index is 12.4. The quantitative estimate of drug-likeness (QED) is 0.360. The molecule has 0 saturated heterocycles. The fourth-order valence-electron chi connectivity index (χ4n) is 3.33. The number of anilines is 1. The molecule has 1 amide bonds. The first-order valence-corrected chi connectivity index (χ1v) is 10.3. The molecule has 0 aliphatic carbocycles. The minimum absolute atomic E-state index is 0.347. The zero-order valence-corrected chi connectivity index (χ0v) is 18.4. The van der Waals surface area contributed by atoms with E-state index in [0.717, 1.165) is 27.9 Å². The Hall–Kier alpha value is -4.40. The van der Waals surface area contributed by atoms with Gasteiger partial charge in [-0.2, -0.15) is 9.78 Å². The van der Waals surface area contributed by atoms with E-state index in [1.165, 1.54) is 10.8 Å². The van der Waals surface area contributed by atoms with Crippen LogP contribution in [0.25, 0.3) is 22.9 Å². The van der Waals surface area contributed by atoms with Crippen molar-refractivity contribution in [3.63, 3.8) is 0 Å². The minimum Gasteiger partial charge on any atom is -0.452 e. The molecule has 0 bridgehead atoms. The maximum atomic E-state index is 12.4. The Morgan fingerprint density at radius 3 is 2.58 bits per heavy atom. The van der Waals surface area contributed by atoms with E-state index in [9.17, 15) is 9.59 Å². The van der Waals surface area contributed by atoms with Crippen LogP contribution in [0.4, 0.5) is 5.82 Å². The van der Waals surface area contributed by atoms with Crippen molar-refractivity contribution in [2.75, 3.05) is 11.9 Å². The summed E-state index contributed by atoms with van der Waals surface area (Å²) in [6.45, 7) is 5.05. The van der Waals surface area contributed by atoms with Gasteiger partial charge in [0.25, 0.3) is 11.9 Å². The van der Waals surface area contributed by atoms with Gasteiger partial charge in [0.1, 0.15) is 5.82 Å². The molecular weight excluding hydrogens is 420 g/mol. The van der Waals surface area contributed by atoms with Gasteiger partial charge in [-0.05, 0) is 39.0 Å². The molecule has 1 N–H and O–H groups in total. The standard InChI is InChI=1S/C24H22N6O3/c1-15-12-16(2)27-24(26-15)30-20(13-17(3)29-30)28-21(31)14-33-22(32)10-9-19-7-4-6-18-8-5-11-25-23(18)19/h4-13H,14H2,1-3H3,(H,28,31)/b10-9+. The van der Waals surface area contributed by atoms with Crippen LogP contribution in [0.15, 0.2) is 54.7 Å². The predicted molar refractivity (Wildman–Crippen MR) is 124 cm³/mol. The molecule has 0 radical (unpaired) electrons. The topological polar surface area (TPSA) is 112 Å². The smallest absolute Gasteiger partial charge is 0.331 e. The van der Waals surface area contributed by atoms with Crippen molar-refractivity contribution in [1.82, 2.24) is 24.7 Å². The number of ether oxygens (including phenoxy) is 1. The van der Waals surface area contributed by atoms with Crippen LogP contribution in [0.2, 0.25) is 0 Å². The molecule has 4 rings (SSSR count). The Balaban J connectivity index is 1.40. The second-order valence-corrected chi connectivity index (χ2v) is 7.45. The van der Waals surface area contributed by atoms with Gasteiger partial charge in [0.2, 0.25) is 0 Å². The molecule has 0 saturated carbocycles. The Bertz CT molecular complexity index is 1350. The number of para-hydroxylation sites is 1. The van der Waals surface area contributed by atoms with Crippen LogP contribution in [0, 0.1) is 20.8 Å². The number of rotatable bonds is 6. The van der Waals surface area contributed by atoms with Crippen LogP contribution in [0.3, 0.4) is 0 Å². The molecule has 166 valence electrons. The number of nitrogens with one attached hydrogen (secondary N) is 1. The van der Waals surface area contributed by atoms with Gasteiger partial charge in [-0.1, -0.05) is 24.3 Å². The maximum Gasteiger partial charge on any atom is 0.331 e. The summed E-state index contributed by atoms with van der Waals surface area (Å²) in [7, 11) is 0. The average molecular weight is 442 g/mol. The molecule has 9 nitrogen and oxygen atoms in total. The molecule has 3 heterocycles. The third-order valence-corrected chi connectivity index (χ3v) is 4.67. The van der Waals surface area contributed by atoms with Crippen molar-refractivity contribution >= 4 is 34.7 Å². The van der Waals surface area contributed by atoms with Gasteiger partial charge >= 0.3 is 5.97 Å². The fraction of sp³-hybridized carbons (Fsp3) is 0.167. The van der Waals surface area contributed by atoms with Crippen molar-refractivity contribution in [3.8, 4) is 5.95 Å². The van der Waals surface area contributed by atoms with Crippen LogP contribution in [-0.2, 0) is 14.3 Å². The monoisotopic (exact) mass is 442 g/mol. The van der Waals surface area contributed by atoms with Crippen molar-refractivity contribution in [1.29, 1.82) is 0 Å². The second kappa shape index (κ2) is 9.39. The molecule has 0 spiro atoms. The SMILES string of the molecule is Cc1cc(C)nc(-n2nc(C)cc2NC(=O)COC(=O)/C=C/c2cccc3cccnc23)n1. The zero-order valence-electron chi connectivity index (χ0n) is 18.4. The normalized spacial score (nSPS) is 11.1. The van der Waals surface area contributed by atoms with Crippen molar-refractivity contribution in [2.24, 2.45) is 0 Å². The van der Waals surface area contributed by atoms with E-state index in [-0.39, 0.29) is 0 Å². The first-order chi connectivity index (χ1) is 15.9. The number of nitrogens with zero attached hydrogens (tertiary/aromatic N) is 5.